The maximum absolute atomic E-state index is 12.1. The molecule has 0 bridgehead atoms. The molecule has 0 aliphatic carbocycles. The van der Waals surface area contributed by atoms with E-state index < -0.39 is 0 Å². The van der Waals surface area contributed by atoms with Crippen molar-refractivity contribution in [1.29, 1.82) is 0 Å². The molecule has 0 aromatic heterocycles. The van der Waals surface area contributed by atoms with Crippen LogP contribution >= 0.6 is 0 Å². The molecule has 120 valence electrons. The number of benzene rings is 2. The van der Waals surface area contributed by atoms with Crippen molar-refractivity contribution in [2.45, 2.75) is 39.2 Å². The smallest absolute Gasteiger partial charge is 0.343 e. The molecular formula is C20H22O3. The van der Waals surface area contributed by atoms with Gasteiger partial charge in [0.05, 0.1) is 11.7 Å². The molecule has 1 atom stereocenters. The summed E-state index contributed by atoms with van der Waals surface area (Å²) in [7, 11) is 0. The number of rotatable bonds is 4. The summed E-state index contributed by atoms with van der Waals surface area (Å²) < 4.78 is 11.5. The van der Waals surface area contributed by atoms with Gasteiger partial charge in [-0.2, -0.15) is 0 Å². The molecule has 1 aliphatic rings. The summed E-state index contributed by atoms with van der Waals surface area (Å²) in [5.74, 6) is 1.64. The van der Waals surface area contributed by atoms with Crippen molar-refractivity contribution in [3.8, 4) is 11.5 Å². The summed E-state index contributed by atoms with van der Waals surface area (Å²) in [4.78, 5) is 12.1. The van der Waals surface area contributed by atoms with Crippen LogP contribution in [-0.4, -0.2) is 12.1 Å². The van der Waals surface area contributed by atoms with Crippen molar-refractivity contribution in [3.05, 3.63) is 59.7 Å². The minimum atomic E-state index is -0.347. The van der Waals surface area contributed by atoms with Gasteiger partial charge in [-0.3, -0.25) is 0 Å². The normalized spacial score (nSPS) is 16.6. The second kappa shape index (κ2) is 6.86. The highest BCUT2D eigenvalue weighted by atomic mass is 16.5. The molecule has 0 amide bonds. The third-order valence-electron chi connectivity index (χ3n) is 4.02. The Balaban J connectivity index is 1.72. The van der Waals surface area contributed by atoms with Crippen LogP contribution < -0.4 is 9.47 Å². The third kappa shape index (κ3) is 3.92. The maximum atomic E-state index is 12.1. The average molecular weight is 310 g/mol. The van der Waals surface area contributed by atoms with Gasteiger partial charge in [0.25, 0.3) is 0 Å². The second-order valence-corrected chi connectivity index (χ2v) is 6.43. The molecule has 3 heteroatoms. The van der Waals surface area contributed by atoms with Crippen molar-refractivity contribution in [2.75, 3.05) is 0 Å². The number of carbonyl (C=O) groups is 1. The molecule has 0 saturated carbocycles. The Kier molecular flexibility index (Phi) is 4.65. The zero-order valence-corrected chi connectivity index (χ0v) is 13.6. The number of hydrogen-bond acceptors (Lipinski definition) is 3. The predicted molar refractivity (Wildman–Crippen MR) is 90.0 cm³/mol. The van der Waals surface area contributed by atoms with Crippen LogP contribution in [0.2, 0.25) is 0 Å². The SMILES string of the molecule is CC(C)CC1CCc2ccc(OC(=O)c3ccccc3)cc2O1. The van der Waals surface area contributed by atoms with Crippen LogP contribution in [0.3, 0.4) is 0 Å². The van der Waals surface area contributed by atoms with Crippen molar-refractivity contribution in [1.82, 2.24) is 0 Å². The highest BCUT2D eigenvalue weighted by Gasteiger charge is 2.21. The molecule has 2 aromatic rings. The minimum absolute atomic E-state index is 0.252. The van der Waals surface area contributed by atoms with E-state index in [-0.39, 0.29) is 12.1 Å². The van der Waals surface area contributed by atoms with Gasteiger partial charge in [0, 0.05) is 6.07 Å². The van der Waals surface area contributed by atoms with Crippen molar-refractivity contribution < 1.29 is 14.3 Å². The predicted octanol–water partition coefficient (Wildman–Crippen LogP) is 4.65. The van der Waals surface area contributed by atoms with Crippen LogP contribution in [0, 0.1) is 5.92 Å². The van der Waals surface area contributed by atoms with Crippen molar-refractivity contribution in [2.24, 2.45) is 5.92 Å². The summed E-state index contributed by atoms with van der Waals surface area (Å²) in [6.07, 6.45) is 3.36. The molecule has 1 unspecified atom stereocenters. The van der Waals surface area contributed by atoms with E-state index in [1.165, 1.54) is 5.56 Å². The van der Waals surface area contributed by atoms with Gasteiger partial charge in [-0.1, -0.05) is 38.1 Å². The van der Waals surface area contributed by atoms with E-state index in [0.717, 1.165) is 25.0 Å². The van der Waals surface area contributed by atoms with Gasteiger partial charge in [0.1, 0.15) is 11.5 Å². The number of aryl methyl sites for hydroxylation is 1. The molecule has 0 saturated heterocycles. The highest BCUT2D eigenvalue weighted by molar-refractivity contribution is 5.91. The van der Waals surface area contributed by atoms with Gasteiger partial charge in [0.15, 0.2) is 0 Å². The number of esters is 1. The van der Waals surface area contributed by atoms with Gasteiger partial charge < -0.3 is 9.47 Å². The highest BCUT2D eigenvalue weighted by Crippen LogP contribution is 2.33. The minimum Gasteiger partial charge on any atom is -0.490 e. The lowest BCUT2D eigenvalue weighted by atomic mass is 9.96. The summed E-state index contributed by atoms with van der Waals surface area (Å²) in [6, 6.07) is 14.7. The maximum Gasteiger partial charge on any atom is 0.343 e. The molecule has 0 fully saturated rings. The van der Waals surface area contributed by atoms with E-state index in [4.69, 9.17) is 9.47 Å². The summed E-state index contributed by atoms with van der Waals surface area (Å²) in [6.45, 7) is 4.41. The van der Waals surface area contributed by atoms with Crippen LogP contribution in [0.5, 0.6) is 11.5 Å². The van der Waals surface area contributed by atoms with Crippen LogP contribution in [0.15, 0.2) is 48.5 Å². The molecule has 2 aromatic carbocycles. The Bertz CT molecular complexity index is 677. The van der Waals surface area contributed by atoms with E-state index >= 15 is 0 Å². The molecule has 1 heterocycles. The van der Waals surface area contributed by atoms with Gasteiger partial charge in [-0.05, 0) is 48.9 Å². The topological polar surface area (TPSA) is 35.5 Å². The summed E-state index contributed by atoms with van der Waals surface area (Å²) in [5, 5.41) is 0. The monoisotopic (exact) mass is 310 g/mol. The Morgan fingerprint density at radius 2 is 2.00 bits per heavy atom. The first-order valence-corrected chi connectivity index (χ1v) is 8.18. The zero-order chi connectivity index (χ0) is 16.2. The van der Waals surface area contributed by atoms with E-state index in [1.54, 1.807) is 12.1 Å². The molecular weight excluding hydrogens is 288 g/mol. The Morgan fingerprint density at radius 1 is 1.22 bits per heavy atom. The first-order chi connectivity index (χ1) is 11.1. The number of hydrogen-bond donors (Lipinski definition) is 0. The Hall–Kier alpha value is -2.29. The Morgan fingerprint density at radius 3 is 2.74 bits per heavy atom. The Labute approximate surface area is 137 Å². The lowest BCUT2D eigenvalue weighted by Crippen LogP contribution is -2.24. The molecule has 1 aliphatic heterocycles. The van der Waals surface area contributed by atoms with Crippen LogP contribution in [-0.2, 0) is 6.42 Å². The largest absolute Gasteiger partial charge is 0.490 e. The fourth-order valence-corrected chi connectivity index (χ4v) is 2.90. The number of carbonyl (C=O) groups excluding carboxylic acids is 1. The average Bonchev–Trinajstić information content (AvgIpc) is 2.55. The van der Waals surface area contributed by atoms with Gasteiger partial charge in [-0.15, -0.1) is 0 Å². The summed E-state index contributed by atoms with van der Waals surface area (Å²) >= 11 is 0. The summed E-state index contributed by atoms with van der Waals surface area (Å²) in [5.41, 5.74) is 1.73. The van der Waals surface area contributed by atoms with Crippen molar-refractivity contribution in [3.63, 3.8) is 0 Å². The zero-order valence-electron chi connectivity index (χ0n) is 13.6. The lowest BCUT2D eigenvalue weighted by Gasteiger charge is -2.27. The second-order valence-electron chi connectivity index (χ2n) is 6.43. The fraction of sp³-hybridized carbons (Fsp3) is 0.350. The number of fused-ring (bicyclic) bond motifs is 1. The molecule has 3 nitrogen and oxygen atoms in total. The van der Waals surface area contributed by atoms with Crippen LogP contribution in [0.4, 0.5) is 0 Å². The van der Waals surface area contributed by atoms with E-state index in [1.807, 2.05) is 36.4 Å². The standard InChI is InChI=1S/C20H22O3/c1-14(2)12-17-10-8-15-9-11-18(13-19(15)22-17)23-20(21)16-6-4-3-5-7-16/h3-7,9,11,13-14,17H,8,10,12H2,1-2H3. The van der Waals surface area contributed by atoms with Gasteiger partial charge in [0.2, 0.25) is 0 Å². The molecule has 0 spiro atoms. The van der Waals surface area contributed by atoms with Gasteiger partial charge >= 0.3 is 5.97 Å². The fourth-order valence-electron chi connectivity index (χ4n) is 2.90. The lowest BCUT2D eigenvalue weighted by molar-refractivity contribution is 0.0733. The molecule has 23 heavy (non-hydrogen) atoms. The molecule has 3 rings (SSSR count). The van der Waals surface area contributed by atoms with Crippen LogP contribution in [0.25, 0.3) is 0 Å². The van der Waals surface area contributed by atoms with Crippen LogP contribution in [0.1, 0.15) is 42.6 Å². The van der Waals surface area contributed by atoms with Crippen molar-refractivity contribution >= 4 is 5.97 Å². The number of ether oxygens (including phenoxy) is 2. The quantitative estimate of drug-likeness (QED) is 0.609. The van der Waals surface area contributed by atoms with E-state index in [0.29, 0.717) is 17.2 Å². The molecule has 0 N–H and O–H groups in total. The first kappa shape index (κ1) is 15.6. The van der Waals surface area contributed by atoms with E-state index in [2.05, 4.69) is 13.8 Å². The van der Waals surface area contributed by atoms with E-state index in [9.17, 15) is 4.79 Å². The molecule has 0 radical (unpaired) electrons. The first-order valence-electron chi connectivity index (χ1n) is 8.18. The van der Waals surface area contributed by atoms with Gasteiger partial charge in [-0.25, -0.2) is 4.79 Å². The third-order valence-corrected chi connectivity index (χ3v) is 4.02.